The van der Waals surface area contributed by atoms with Gasteiger partial charge in [0.15, 0.2) is 6.61 Å². The molecule has 1 fully saturated rings. The number of imide groups is 2. The quantitative estimate of drug-likeness (QED) is 0.617. The van der Waals surface area contributed by atoms with Gasteiger partial charge in [0.05, 0.1) is 0 Å². The molecule has 1 saturated heterocycles. The van der Waals surface area contributed by atoms with Gasteiger partial charge in [0, 0.05) is 12.1 Å². The minimum absolute atomic E-state index is 0.145. The van der Waals surface area contributed by atoms with Crippen LogP contribution < -0.4 is 10.1 Å². The molecular formula is C21H17N3O4. The maximum absolute atomic E-state index is 12.8. The van der Waals surface area contributed by atoms with Crippen LogP contribution in [0.4, 0.5) is 4.79 Å². The second-order valence-electron chi connectivity index (χ2n) is 5.99. The Labute approximate surface area is 161 Å². The van der Waals surface area contributed by atoms with Crippen molar-refractivity contribution in [3.05, 3.63) is 71.3 Å². The van der Waals surface area contributed by atoms with E-state index in [0.717, 1.165) is 10.5 Å². The summed E-state index contributed by atoms with van der Waals surface area (Å²) in [5.41, 5.74) is 1.27. The summed E-state index contributed by atoms with van der Waals surface area (Å²) in [6, 6.07) is 17.3. The number of amides is 4. The molecule has 2 aromatic rings. The summed E-state index contributed by atoms with van der Waals surface area (Å²) in [6.45, 7) is -0.0199. The van der Waals surface area contributed by atoms with Crippen LogP contribution in [-0.2, 0) is 16.0 Å². The van der Waals surface area contributed by atoms with Gasteiger partial charge in [-0.2, -0.15) is 5.26 Å². The summed E-state index contributed by atoms with van der Waals surface area (Å²) in [7, 11) is 0. The second kappa shape index (κ2) is 8.64. The zero-order valence-corrected chi connectivity index (χ0v) is 14.9. The number of urea groups is 1. The lowest BCUT2D eigenvalue weighted by Crippen LogP contribution is -2.54. The molecule has 2 aromatic carbocycles. The van der Waals surface area contributed by atoms with Gasteiger partial charge >= 0.3 is 6.03 Å². The van der Waals surface area contributed by atoms with E-state index in [2.05, 4.69) is 5.32 Å². The van der Waals surface area contributed by atoms with Crippen LogP contribution in [0.25, 0.3) is 6.08 Å². The minimum atomic E-state index is -0.763. The predicted octanol–water partition coefficient (Wildman–Crippen LogP) is 2.29. The third-order valence-electron chi connectivity index (χ3n) is 4.16. The molecule has 0 radical (unpaired) electrons. The summed E-state index contributed by atoms with van der Waals surface area (Å²) in [5, 5.41) is 10.9. The average Bonchev–Trinajstić information content (AvgIpc) is 2.71. The van der Waals surface area contributed by atoms with Crippen LogP contribution in [0.3, 0.4) is 0 Å². The first-order chi connectivity index (χ1) is 13.6. The van der Waals surface area contributed by atoms with Crippen molar-refractivity contribution >= 4 is 23.9 Å². The molecule has 1 N–H and O–H groups in total. The summed E-state index contributed by atoms with van der Waals surface area (Å²) in [6.07, 6.45) is 1.84. The molecule has 3 rings (SSSR count). The van der Waals surface area contributed by atoms with Crippen molar-refractivity contribution in [2.75, 3.05) is 13.2 Å². The molecule has 1 aliphatic heterocycles. The molecule has 28 heavy (non-hydrogen) atoms. The van der Waals surface area contributed by atoms with Crippen LogP contribution in [0.1, 0.15) is 11.1 Å². The van der Waals surface area contributed by atoms with E-state index in [9.17, 15) is 14.4 Å². The molecule has 1 heterocycles. The van der Waals surface area contributed by atoms with Gasteiger partial charge in [0.25, 0.3) is 11.8 Å². The van der Waals surface area contributed by atoms with Crippen molar-refractivity contribution in [3.8, 4) is 11.8 Å². The van der Waals surface area contributed by atoms with Crippen LogP contribution in [0.2, 0.25) is 0 Å². The Morgan fingerprint density at radius 2 is 1.75 bits per heavy atom. The number of carbonyl (C=O) groups excluding carboxylic acids is 3. The van der Waals surface area contributed by atoms with Crippen LogP contribution >= 0.6 is 0 Å². The van der Waals surface area contributed by atoms with Crippen LogP contribution in [-0.4, -0.2) is 35.9 Å². The fourth-order valence-corrected chi connectivity index (χ4v) is 2.78. The molecule has 1 aliphatic rings. The van der Waals surface area contributed by atoms with Crippen molar-refractivity contribution in [3.63, 3.8) is 0 Å². The molecular weight excluding hydrogens is 358 g/mol. The Hall–Kier alpha value is -3.92. The summed E-state index contributed by atoms with van der Waals surface area (Å²) in [4.78, 5) is 38.1. The second-order valence-corrected chi connectivity index (χ2v) is 5.99. The topological polar surface area (TPSA) is 99.5 Å². The number of ether oxygens (including phenoxy) is 1. The van der Waals surface area contributed by atoms with Crippen molar-refractivity contribution < 1.29 is 19.1 Å². The Kier molecular flexibility index (Phi) is 5.82. The molecule has 4 amide bonds. The maximum Gasteiger partial charge on any atom is 0.331 e. The molecule has 0 bridgehead atoms. The highest BCUT2D eigenvalue weighted by Gasteiger charge is 2.35. The number of barbiturate groups is 1. The van der Waals surface area contributed by atoms with E-state index in [0.29, 0.717) is 17.7 Å². The number of hydrogen-bond donors (Lipinski definition) is 1. The number of hydrogen-bond acceptors (Lipinski definition) is 5. The Bertz CT molecular complexity index is 977. The Morgan fingerprint density at radius 3 is 2.50 bits per heavy atom. The highest BCUT2D eigenvalue weighted by molar-refractivity contribution is 6.31. The van der Waals surface area contributed by atoms with Crippen molar-refractivity contribution in [2.24, 2.45) is 0 Å². The normalized spacial score (nSPS) is 15.3. The molecule has 7 heteroatoms. The minimum Gasteiger partial charge on any atom is -0.478 e. The number of nitrogens with one attached hydrogen (secondary N) is 1. The number of nitrogens with zero attached hydrogens (tertiary/aromatic N) is 2. The van der Waals surface area contributed by atoms with Crippen molar-refractivity contribution in [2.45, 2.75) is 6.42 Å². The molecule has 0 aromatic heterocycles. The standard InChI is InChI=1S/C21H17N3O4/c22-11-13-28-18-9-5-4-8-16(18)14-17-19(25)23-21(27)24(20(17)26)12-10-15-6-2-1-3-7-15/h1-9,14H,10,12-13H2,(H,23,25,27). The first-order valence-electron chi connectivity index (χ1n) is 8.61. The van der Waals surface area contributed by atoms with Crippen molar-refractivity contribution in [1.82, 2.24) is 10.2 Å². The number of nitriles is 1. The lowest BCUT2D eigenvalue weighted by molar-refractivity contribution is -0.130. The summed E-state index contributed by atoms with van der Waals surface area (Å²) < 4.78 is 5.32. The smallest absolute Gasteiger partial charge is 0.331 e. The van der Waals surface area contributed by atoms with Crippen LogP contribution in [0, 0.1) is 11.3 Å². The van der Waals surface area contributed by atoms with E-state index in [-0.39, 0.29) is 18.7 Å². The molecule has 0 saturated carbocycles. The van der Waals surface area contributed by atoms with E-state index >= 15 is 0 Å². The van der Waals surface area contributed by atoms with Gasteiger partial charge in [-0.3, -0.25) is 19.8 Å². The SMILES string of the molecule is N#CCOc1ccccc1C=C1C(=O)NC(=O)N(CCc2ccccc2)C1=O. The van der Waals surface area contributed by atoms with E-state index in [1.807, 2.05) is 36.4 Å². The molecule has 0 aliphatic carbocycles. The average molecular weight is 375 g/mol. The van der Waals surface area contributed by atoms with Gasteiger partial charge in [-0.15, -0.1) is 0 Å². The van der Waals surface area contributed by atoms with Crippen LogP contribution in [0.5, 0.6) is 5.75 Å². The lowest BCUT2D eigenvalue weighted by Gasteiger charge is -2.26. The lowest BCUT2D eigenvalue weighted by atomic mass is 10.1. The predicted molar refractivity (Wildman–Crippen MR) is 101 cm³/mol. The van der Waals surface area contributed by atoms with Crippen LogP contribution in [0.15, 0.2) is 60.2 Å². The molecule has 140 valence electrons. The van der Waals surface area contributed by atoms with Gasteiger partial charge in [0.2, 0.25) is 0 Å². The van der Waals surface area contributed by atoms with Gasteiger partial charge in [-0.1, -0.05) is 48.5 Å². The highest BCUT2D eigenvalue weighted by atomic mass is 16.5. The zero-order chi connectivity index (χ0) is 19.9. The van der Waals surface area contributed by atoms with Gasteiger partial charge in [-0.25, -0.2) is 4.79 Å². The Balaban J connectivity index is 1.84. The number of benzene rings is 2. The van der Waals surface area contributed by atoms with E-state index < -0.39 is 17.8 Å². The third kappa shape index (κ3) is 4.24. The van der Waals surface area contributed by atoms with Gasteiger partial charge in [-0.05, 0) is 24.1 Å². The van der Waals surface area contributed by atoms with E-state index in [1.54, 1.807) is 24.3 Å². The van der Waals surface area contributed by atoms with Gasteiger partial charge < -0.3 is 4.74 Å². The summed E-state index contributed by atoms with van der Waals surface area (Å²) in [5.74, 6) is -1.06. The number of rotatable bonds is 6. The summed E-state index contributed by atoms with van der Waals surface area (Å²) >= 11 is 0. The molecule has 0 spiro atoms. The molecule has 0 atom stereocenters. The maximum atomic E-state index is 12.8. The number of carbonyl (C=O) groups is 3. The fraction of sp³-hybridized carbons (Fsp3) is 0.143. The van der Waals surface area contributed by atoms with Crippen molar-refractivity contribution in [1.29, 1.82) is 5.26 Å². The molecule has 7 nitrogen and oxygen atoms in total. The first kappa shape index (κ1) is 18.9. The Morgan fingerprint density at radius 1 is 1.04 bits per heavy atom. The van der Waals surface area contributed by atoms with Gasteiger partial charge in [0.1, 0.15) is 17.4 Å². The first-order valence-corrected chi connectivity index (χ1v) is 8.61. The number of para-hydroxylation sites is 1. The fourth-order valence-electron chi connectivity index (χ4n) is 2.78. The zero-order valence-electron chi connectivity index (χ0n) is 14.9. The van der Waals surface area contributed by atoms with E-state index in [1.165, 1.54) is 6.08 Å². The molecule has 0 unspecified atom stereocenters. The largest absolute Gasteiger partial charge is 0.478 e. The monoisotopic (exact) mass is 375 g/mol. The highest BCUT2D eigenvalue weighted by Crippen LogP contribution is 2.23. The van der Waals surface area contributed by atoms with E-state index in [4.69, 9.17) is 10.00 Å². The third-order valence-corrected chi connectivity index (χ3v) is 4.16.